The Kier molecular flexibility index (Phi) is 10.8. The summed E-state index contributed by atoms with van der Waals surface area (Å²) in [5, 5.41) is 38.9. The SMILES string of the molecule is N#Cc1ccc2c(c1)Oc1cc(C#N)ccc1N2c1ccc2c(c1)c1ccccc1n2-c1ccc2c(c1)Oc1cc(-n3c4ccccc4c4ccccc43)ccc1C21c2cc(-n3c4ccccc4c4ccccc43)cnc2-c2ncc(-n3c4ccccc4c4cc(C#N)ccc43)cc21. The van der Waals surface area contributed by atoms with Crippen LogP contribution in [-0.2, 0) is 5.41 Å². The Morgan fingerprint density at radius 2 is 0.612 bits per heavy atom. The van der Waals surface area contributed by atoms with Gasteiger partial charge in [-0.3, -0.25) is 9.97 Å². The normalized spacial score (nSPS) is 14.1. The van der Waals surface area contributed by atoms with Gasteiger partial charge in [0, 0.05) is 107 Å². The summed E-state index contributed by atoms with van der Waals surface area (Å²) in [4.78, 5) is 13.3. The van der Waals surface area contributed by atoms with Gasteiger partial charge in [-0.1, -0.05) is 121 Å². The van der Waals surface area contributed by atoms with E-state index in [0.29, 0.717) is 39.7 Å². The summed E-state index contributed by atoms with van der Waals surface area (Å²) in [5.41, 5.74) is 19.9. The molecule has 12 heteroatoms. The zero-order chi connectivity index (χ0) is 64.6. The van der Waals surface area contributed by atoms with E-state index in [1.807, 2.05) is 36.7 Å². The Balaban J connectivity index is 0.837. The highest BCUT2D eigenvalue weighted by Gasteiger charge is 2.53. The van der Waals surface area contributed by atoms with Crippen LogP contribution in [0.2, 0.25) is 0 Å². The number of fused-ring (bicyclic) bond motifs is 23. The number of hydrogen-bond donors (Lipinski definition) is 0. The standard InChI is InChI=1S/C86H46N10O2/c87-45-50-25-33-76-64(37-50)62-17-5-12-24-75(62)96(76)57-42-69-85(91-49-57)84-68(41-56(48-90-84)95-72-21-9-3-15-60(72)61-16-4-10-22-73(61)95)86(69)66-31-28-54(92-70-19-7-1-13-58(70)59-14-2-8-20-71(59)92)43-80(66)97-81-44-55(29-32-67(81)86)93-74-23-11-6-18-63(74)65-40-53(30-36-77(65)93)94-78-34-26-51(46-88)38-82(78)98-83-39-52(47-89)27-35-79(83)94/h1-44,48-49H. The van der Waals surface area contributed by atoms with Crippen molar-refractivity contribution >= 4 is 104 Å². The van der Waals surface area contributed by atoms with Crippen molar-refractivity contribution in [1.29, 1.82) is 15.8 Å². The van der Waals surface area contributed by atoms with Crippen LogP contribution in [0.4, 0.5) is 17.1 Å². The second-order valence-corrected chi connectivity index (χ2v) is 25.4. The van der Waals surface area contributed by atoms with E-state index in [1.165, 1.54) is 0 Å². The molecular formula is C86H46N10O2. The predicted molar refractivity (Wildman–Crippen MR) is 386 cm³/mol. The lowest BCUT2D eigenvalue weighted by molar-refractivity contribution is 0.436. The fourth-order valence-corrected chi connectivity index (χ4v) is 16.5. The van der Waals surface area contributed by atoms with Crippen LogP contribution in [0.15, 0.2) is 279 Å². The topological polar surface area (TPSA) is 139 Å². The molecule has 12 nitrogen and oxygen atoms in total. The number of pyridine rings is 2. The minimum atomic E-state index is -1.11. The number of hydrogen-bond acceptors (Lipinski definition) is 8. The number of rotatable bonds is 5. The van der Waals surface area contributed by atoms with Crippen molar-refractivity contribution in [3.63, 3.8) is 0 Å². The van der Waals surface area contributed by atoms with Crippen molar-refractivity contribution in [2.45, 2.75) is 5.41 Å². The Hall–Kier alpha value is -14.0. The first-order valence-electron chi connectivity index (χ1n) is 32.4. The molecule has 0 N–H and O–H groups in total. The summed E-state index contributed by atoms with van der Waals surface area (Å²) in [6.45, 7) is 0. The molecule has 0 saturated carbocycles. The van der Waals surface area contributed by atoms with E-state index in [1.54, 1.807) is 24.3 Å². The first-order chi connectivity index (χ1) is 48.4. The molecule has 1 aliphatic carbocycles. The maximum atomic E-state index is 10.2. The van der Waals surface area contributed by atoms with Crippen molar-refractivity contribution in [2.24, 2.45) is 0 Å². The molecule has 12 aromatic carbocycles. The molecule has 1 atom stereocenters. The van der Waals surface area contributed by atoms with Crippen molar-refractivity contribution in [1.82, 2.24) is 28.2 Å². The number of nitrogens with zero attached hydrogens (tertiary/aromatic N) is 10. The summed E-state index contributed by atoms with van der Waals surface area (Å²) in [7, 11) is 0. The fraction of sp³-hybridized carbons (Fsp3) is 0.0116. The number of benzene rings is 12. The Morgan fingerprint density at radius 3 is 1.04 bits per heavy atom. The third kappa shape index (κ3) is 7.17. The molecular weight excluding hydrogens is 1210 g/mol. The van der Waals surface area contributed by atoms with Gasteiger partial charge in [0.1, 0.15) is 11.5 Å². The Morgan fingerprint density at radius 1 is 0.276 bits per heavy atom. The van der Waals surface area contributed by atoms with E-state index in [4.69, 9.17) is 19.4 Å². The minimum Gasteiger partial charge on any atom is -0.457 e. The fourth-order valence-electron chi connectivity index (χ4n) is 16.5. The zero-order valence-electron chi connectivity index (χ0n) is 51.8. The molecule has 18 aromatic rings. The van der Waals surface area contributed by atoms with Gasteiger partial charge in [-0.25, -0.2) is 0 Å². The summed E-state index contributed by atoms with van der Waals surface area (Å²) in [6.07, 6.45) is 3.98. The highest BCUT2D eigenvalue weighted by molar-refractivity contribution is 6.13. The van der Waals surface area contributed by atoms with Crippen LogP contribution in [0.5, 0.6) is 23.0 Å². The molecule has 452 valence electrons. The van der Waals surface area contributed by atoms with Gasteiger partial charge < -0.3 is 32.6 Å². The monoisotopic (exact) mass is 1250 g/mol. The number of aromatic nitrogens is 6. The maximum absolute atomic E-state index is 10.2. The molecule has 2 aliphatic heterocycles. The summed E-state index contributed by atoms with van der Waals surface area (Å²) in [6, 6.07) is 99.7. The highest BCUT2D eigenvalue weighted by atomic mass is 16.5. The molecule has 1 spiro atoms. The van der Waals surface area contributed by atoms with E-state index in [-0.39, 0.29) is 0 Å². The number of ether oxygens (including phenoxy) is 2. The van der Waals surface area contributed by atoms with Crippen LogP contribution in [0.3, 0.4) is 0 Å². The zero-order valence-corrected chi connectivity index (χ0v) is 51.8. The van der Waals surface area contributed by atoms with Gasteiger partial charge in [-0.2, -0.15) is 15.8 Å². The third-order valence-electron chi connectivity index (χ3n) is 20.5. The minimum absolute atomic E-state index is 0.466. The van der Waals surface area contributed by atoms with Gasteiger partial charge >= 0.3 is 0 Å². The van der Waals surface area contributed by atoms with Crippen LogP contribution in [0, 0.1) is 34.0 Å². The van der Waals surface area contributed by atoms with Gasteiger partial charge in [-0.15, -0.1) is 0 Å². The van der Waals surface area contributed by atoms with Crippen molar-refractivity contribution in [2.75, 3.05) is 4.90 Å². The van der Waals surface area contributed by atoms with Gasteiger partial charge in [0.05, 0.1) is 131 Å². The largest absolute Gasteiger partial charge is 0.457 e. The average Bonchev–Trinajstić information content (AvgIpc) is 1.47. The van der Waals surface area contributed by atoms with Crippen LogP contribution in [0.1, 0.15) is 38.9 Å². The Labute approximate surface area is 558 Å². The molecule has 0 saturated heterocycles. The number of nitriles is 3. The van der Waals surface area contributed by atoms with Crippen molar-refractivity contribution < 1.29 is 9.47 Å². The van der Waals surface area contributed by atoms with E-state index in [0.717, 1.165) is 161 Å². The number of para-hydroxylation sites is 6. The second-order valence-electron chi connectivity index (χ2n) is 25.4. The molecule has 0 bridgehead atoms. The van der Waals surface area contributed by atoms with E-state index >= 15 is 0 Å². The van der Waals surface area contributed by atoms with E-state index in [2.05, 4.69) is 260 Å². The lowest BCUT2D eigenvalue weighted by Crippen LogP contribution is -2.32. The Bertz CT molecular complexity index is 6610. The summed E-state index contributed by atoms with van der Waals surface area (Å²) in [5.74, 6) is 2.39. The molecule has 98 heavy (non-hydrogen) atoms. The lowest BCUT2D eigenvalue weighted by atomic mass is 9.66. The molecule has 0 radical (unpaired) electrons. The van der Waals surface area contributed by atoms with E-state index in [9.17, 15) is 15.8 Å². The van der Waals surface area contributed by atoms with Crippen LogP contribution in [-0.4, -0.2) is 28.2 Å². The average molecular weight is 1250 g/mol. The van der Waals surface area contributed by atoms with Crippen LogP contribution in [0.25, 0.3) is 121 Å². The molecule has 6 aromatic heterocycles. The van der Waals surface area contributed by atoms with Gasteiger partial charge in [0.15, 0.2) is 11.5 Å². The van der Waals surface area contributed by atoms with Gasteiger partial charge in [0.2, 0.25) is 0 Å². The predicted octanol–water partition coefficient (Wildman–Crippen LogP) is 20.5. The second kappa shape index (κ2) is 19.8. The molecule has 3 aliphatic rings. The van der Waals surface area contributed by atoms with Gasteiger partial charge in [-0.05, 0) is 121 Å². The van der Waals surface area contributed by atoms with Crippen molar-refractivity contribution in [3.8, 4) is 75.3 Å². The smallest absolute Gasteiger partial charge is 0.152 e. The van der Waals surface area contributed by atoms with Crippen LogP contribution >= 0.6 is 0 Å². The first kappa shape index (κ1) is 53.5. The molecule has 1 unspecified atom stereocenters. The molecule has 0 amide bonds. The van der Waals surface area contributed by atoms with E-state index < -0.39 is 5.41 Å². The quantitative estimate of drug-likeness (QED) is 0.166. The lowest BCUT2D eigenvalue weighted by Gasteiger charge is -2.39. The number of anilines is 3. The van der Waals surface area contributed by atoms with Gasteiger partial charge in [0.25, 0.3) is 0 Å². The summed E-state index contributed by atoms with van der Waals surface area (Å²) >= 11 is 0. The van der Waals surface area contributed by atoms with Crippen LogP contribution < -0.4 is 14.4 Å². The first-order valence-corrected chi connectivity index (χ1v) is 32.4. The third-order valence-corrected chi connectivity index (χ3v) is 20.5. The maximum Gasteiger partial charge on any atom is 0.152 e. The summed E-state index contributed by atoms with van der Waals surface area (Å²) < 4.78 is 23.5. The molecule has 8 heterocycles. The molecule has 0 fully saturated rings. The molecule has 21 rings (SSSR count). The highest BCUT2D eigenvalue weighted by Crippen LogP contribution is 2.63. The van der Waals surface area contributed by atoms with Crippen molar-refractivity contribution in [3.05, 3.63) is 318 Å².